The second-order valence-electron chi connectivity index (χ2n) is 5.83. The highest BCUT2D eigenvalue weighted by atomic mass is 32.2. The van der Waals surface area contributed by atoms with Gasteiger partial charge in [0.15, 0.2) is 0 Å². The number of benzene rings is 2. The normalized spacial score (nSPS) is 11.9. The van der Waals surface area contributed by atoms with Crippen molar-refractivity contribution in [3.8, 4) is 11.4 Å². The molecule has 0 saturated carbocycles. The third kappa shape index (κ3) is 3.85. The minimum absolute atomic E-state index is 0.0930. The number of pyridine rings is 1. The van der Waals surface area contributed by atoms with Crippen LogP contribution in [0.3, 0.4) is 0 Å². The van der Waals surface area contributed by atoms with Crippen molar-refractivity contribution in [2.24, 2.45) is 0 Å². The fourth-order valence-electron chi connectivity index (χ4n) is 2.76. The van der Waals surface area contributed by atoms with Gasteiger partial charge in [-0.1, -0.05) is 53.7 Å². The minimum Gasteiger partial charge on any atom is -0.373 e. The lowest BCUT2D eigenvalue weighted by Crippen LogP contribution is -1.98. The summed E-state index contributed by atoms with van der Waals surface area (Å²) in [5.74, 6) is 1.81. The summed E-state index contributed by atoms with van der Waals surface area (Å²) in [6.07, 6.45) is 1.73. The SMILES string of the molecule is CNc1ncccc1-c1noc(C(Sc2ccccc2)c2ccccc2)n1. The van der Waals surface area contributed by atoms with E-state index in [1.807, 2.05) is 55.6 Å². The predicted molar refractivity (Wildman–Crippen MR) is 108 cm³/mol. The van der Waals surface area contributed by atoms with E-state index in [2.05, 4.69) is 44.7 Å². The molecule has 1 N–H and O–H groups in total. The van der Waals surface area contributed by atoms with Crippen molar-refractivity contribution in [1.82, 2.24) is 15.1 Å². The van der Waals surface area contributed by atoms with E-state index in [4.69, 9.17) is 4.52 Å². The summed E-state index contributed by atoms with van der Waals surface area (Å²) in [7, 11) is 1.82. The van der Waals surface area contributed by atoms with Gasteiger partial charge in [0, 0.05) is 18.1 Å². The summed E-state index contributed by atoms with van der Waals surface area (Å²) in [4.78, 5) is 10.1. The molecule has 4 rings (SSSR count). The fourth-order valence-corrected chi connectivity index (χ4v) is 3.84. The molecule has 0 radical (unpaired) electrons. The number of nitrogens with zero attached hydrogens (tertiary/aromatic N) is 3. The second kappa shape index (κ2) is 8.05. The lowest BCUT2D eigenvalue weighted by molar-refractivity contribution is 0.384. The first kappa shape index (κ1) is 17.3. The number of rotatable bonds is 6. The van der Waals surface area contributed by atoms with Crippen molar-refractivity contribution in [2.75, 3.05) is 12.4 Å². The molecule has 6 heteroatoms. The molecule has 1 unspecified atom stereocenters. The third-order valence-electron chi connectivity index (χ3n) is 4.05. The highest BCUT2D eigenvalue weighted by Gasteiger charge is 2.23. The summed E-state index contributed by atoms with van der Waals surface area (Å²) in [6.45, 7) is 0. The Labute approximate surface area is 161 Å². The zero-order valence-electron chi connectivity index (χ0n) is 14.7. The Bertz CT molecular complexity index is 1000. The van der Waals surface area contributed by atoms with Crippen LogP contribution in [0, 0.1) is 0 Å². The van der Waals surface area contributed by atoms with Gasteiger partial charge in [-0.05, 0) is 29.8 Å². The second-order valence-corrected chi connectivity index (χ2v) is 7.01. The Kier molecular flexibility index (Phi) is 5.16. The van der Waals surface area contributed by atoms with Crippen molar-refractivity contribution >= 4 is 17.6 Å². The summed E-state index contributed by atoms with van der Waals surface area (Å²) in [5, 5.41) is 7.18. The van der Waals surface area contributed by atoms with Crippen LogP contribution in [-0.4, -0.2) is 22.2 Å². The zero-order chi connectivity index (χ0) is 18.5. The number of hydrogen-bond acceptors (Lipinski definition) is 6. The van der Waals surface area contributed by atoms with Crippen molar-refractivity contribution < 1.29 is 4.52 Å². The van der Waals surface area contributed by atoms with Crippen LogP contribution in [0.25, 0.3) is 11.4 Å². The van der Waals surface area contributed by atoms with Crippen molar-refractivity contribution in [3.63, 3.8) is 0 Å². The maximum absolute atomic E-state index is 5.67. The molecule has 27 heavy (non-hydrogen) atoms. The van der Waals surface area contributed by atoms with E-state index in [9.17, 15) is 0 Å². The van der Waals surface area contributed by atoms with Gasteiger partial charge in [-0.25, -0.2) is 4.98 Å². The molecule has 2 heterocycles. The molecule has 134 valence electrons. The van der Waals surface area contributed by atoms with Gasteiger partial charge in [-0.2, -0.15) is 4.98 Å². The number of aromatic nitrogens is 3. The standard InChI is InChI=1S/C21H18N4OS/c1-22-19-17(13-8-14-23-19)20-24-21(26-25-20)18(15-9-4-2-5-10-15)27-16-11-6-3-7-12-16/h2-14,18H,1H3,(H,22,23). The van der Waals surface area contributed by atoms with E-state index in [-0.39, 0.29) is 5.25 Å². The van der Waals surface area contributed by atoms with E-state index in [1.165, 1.54) is 0 Å². The summed E-state index contributed by atoms with van der Waals surface area (Å²) >= 11 is 1.69. The van der Waals surface area contributed by atoms with E-state index in [0.29, 0.717) is 11.7 Å². The molecule has 0 bridgehead atoms. The molecule has 0 spiro atoms. The van der Waals surface area contributed by atoms with Crippen LogP contribution in [0.4, 0.5) is 5.82 Å². The maximum atomic E-state index is 5.67. The fraction of sp³-hybridized carbons (Fsp3) is 0.0952. The van der Waals surface area contributed by atoms with Crippen LogP contribution in [0.2, 0.25) is 0 Å². The maximum Gasteiger partial charge on any atom is 0.244 e. The Morgan fingerprint density at radius 2 is 1.67 bits per heavy atom. The molecule has 0 fully saturated rings. The van der Waals surface area contributed by atoms with E-state index in [1.54, 1.807) is 18.0 Å². The Morgan fingerprint density at radius 1 is 0.926 bits per heavy atom. The molecule has 2 aromatic carbocycles. The predicted octanol–water partition coefficient (Wildman–Crippen LogP) is 5.06. The van der Waals surface area contributed by atoms with Crippen molar-refractivity contribution in [2.45, 2.75) is 10.1 Å². The van der Waals surface area contributed by atoms with Crippen LogP contribution >= 0.6 is 11.8 Å². The van der Waals surface area contributed by atoms with E-state index < -0.39 is 0 Å². The molecule has 0 saturated heterocycles. The van der Waals surface area contributed by atoms with Crippen LogP contribution in [0.5, 0.6) is 0 Å². The minimum atomic E-state index is -0.0930. The van der Waals surface area contributed by atoms with Gasteiger partial charge in [0.25, 0.3) is 0 Å². The lowest BCUT2D eigenvalue weighted by atomic mass is 10.1. The first-order valence-electron chi connectivity index (χ1n) is 8.58. The number of anilines is 1. The van der Waals surface area contributed by atoms with Gasteiger partial charge in [-0.15, -0.1) is 11.8 Å². The Balaban J connectivity index is 1.72. The Morgan fingerprint density at radius 3 is 2.41 bits per heavy atom. The number of hydrogen-bond donors (Lipinski definition) is 1. The number of thioether (sulfide) groups is 1. The van der Waals surface area contributed by atoms with Gasteiger partial charge in [-0.3, -0.25) is 0 Å². The molecule has 0 amide bonds. The zero-order valence-corrected chi connectivity index (χ0v) is 15.6. The molecule has 0 aliphatic carbocycles. The van der Waals surface area contributed by atoms with Gasteiger partial charge in [0.05, 0.1) is 5.56 Å². The molecule has 0 aliphatic rings. The third-order valence-corrected chi connectivity index (χ3v) is 5.30. The van der Waals surface area contributed by atoms with Gasteiger partial charge < -0.3 is 9.84 Å². The quantitative estimate of drug-likeness (QED) is 0.476. The molecular weight excluding hydrogens is 356 g/mol. The smallest absolute Gasteiger partial charge is 0.244 e. The highest BCUT2D eigenvalue weighted by Crippen LogP contribution is 2.40. The molecule has 1 atom stereocenters. The molecular formula is C21H18N4OS. The first-order valence-corrected chi connectivity index (χ1v) is 9.46. The van der Waals surface area contributed by atoms with E-state index >= 15 is 0 Å². The first-order chi connectivity index (χ1) is 13.3. The van der Waals surface area contributed by atoms with Crippen LogP contribution < -0.4 is 5.32 Å². The average Bonchev–Trinajstić information content (AvgIpc) is 3.23. The lowest BCUT2D eigenvalue weighted by Gasteiger charge is -2.13. The van der Waals surface area contributed by atoms with Gasteiger partial charge in [0.2, 0.25) is 11.7 Å². The number of nitrogens with one attached hydrogen (secondary N) is 1. The summed E-state index contributed by atoms with van der Waals surface area (Å²) < 4.78 is 5.67. The van der Waals surface area contributed by atoms with Gasteiger partial charge >= 0.3 is 0 Å². The van der Waals surface area contributed by atoms with Crippen LogP contribution in [0.15, 0.2) is 88.4 Å². The average molecular weight is 374 g/mol. The van der Waals surface area contributed by atoms with Crippen LogP contribution in [-0.2, 0) is 0 Å². The van der Waals surface area contributed by atoms with Crippen LogP contribution in [0.1, 0.15) is 16.7 Å². The summed E-state index contributed by atoms with van der Waals surface area (Å²) in [6, 6.07) is 24.2. The summed E-state index contributed by atoms with van der Waals surface area (Å²) in [5.41, 5.74) is 1.92. The Hall–Kier alpha value is -3.12. The van der Waals surface area contributed by atoms with Crippen molar-refractivity contribution in [3.05, 3.63) is 90.4 Å². The topological polar surface area (TPSA) is 63.8 Å². The molecule has 4 aromatic rings. The molecule has 2 aromatic heterocycles. The largest absolute Gasteiger partial charge is 0.373 e. The molecule has 0 aliphatic heterocycles. The highest BCUT2D eigenvalue weighted by molar-refractivity contribution is 7.99. The van der Waals surface area contributed by atoms with Crippen molar-refractivity contribution in [1.29, 1.82) is 0 Å². The van der Waals surface area contributed by atoms with E-state index in [0.717, 1.165) is 21.8 Å². The molecule has 5 nitrogen and oxygen atoms in total. The van der Waals surface area contributed by atoms with Gasteiger partial charge in [0.1, 0.15) is 11.1 Å². The monoisotopic (exact) mass is 374 g/mol.